The summed E-state index contributed by atoms with van der Waals surface area (Å²) in [6, 6.07) is 2.53. The van der Waals surface area contributed by atoms with E-state index in [4.69, 9.17) is 9.47 Å². The second-order valence-corrected chi connectivity index (χ2v) is 6.46. The number of nitrogens with one attached hydrogen (secondary N) is 1. The van der Waals surface area contributed by atoms with E-state index in [2.05, 4.69) is 5.32 Å². The standard InChI is InChI=1S/C19H23N3O8/c1-12(23)13-10-15(29-2)16(11-14(13)22(27)28)30-9-3-4-17(24)20-7-8-21-18(25)5-6-19(21)26/h5-6,10-12,23H,3-4,7-9H2,1-2H3,(H,20,24). The van der Waals surface area contributed by atoms with E-state index in [0.717, 1.165) is 4.90 Å². The first-order valence-corrected chi connectivity index (χ1v) is 9.22. The second-order valence-electron chi connectivity index (χ2n) is 6.46. The number of ether oxygens (including phenoxy) is 2. The maximum atomic E-state index is 11.9. The molecule has 1 aromatic carbocycles. The minimum absolute atomic E-state index is 0.0867. The lowest BCUT2D eigenvalue weighted by atomic mass is 10.1. The Labute approximate surface area is 172 Å². The van der Waals surface area contributed by atoms with Crippen LogP contribution in [-0.2, 0) is 14.4 Å². The van der Waals surface area contributed by atoms with Gasteiger partial charge in [-0.1, -0.05) is 0 Å². The monoisotopic (exact) mass is 421 g/mol. The molecule has 1 aromatic rings. The second kappa shape index (κ2) is 10.3. The molecule has 0 aliphatic carbocycles. The van der Waals surface area contributed by atoms with Crippen LogP contribution >= 0.6 is 0 Å². The molecule has 1 aliphatic heterocycles. The van der Waals surface area contributed by atoms with Crippen LogP contribution in [0.4, 0.5) is 5.69 Å². The van der Waals surface area contributed by atoms with Crippen molar-refractivity contribution in [1.82, 2.24) is 10.2 Å². The van der Waals surface area contributed by atoms with Crippen molar-refractivity contribution in [2.75, 3.05) is 26.8 Å². The summed E-state index contributed by atoms with van der Waals surface area (Å²) in [7, 11) is 1.37. The molecule has 0 aromatic heterocycles. The van der Waals surface area contributed by atoms with Crippen molar-refractivity contribution in [3.63, 3.8) is 0 Å². The predicted molar refractivity (Wildman–Crippen MR) is 104 cm³/mol. The number of methoxy groups -OCH3 is 1. The van der Waals surface area contributed by atoms with Crippen molar-refractivity contribution >= 4 is 23.4 Å². The third kappa shape index (κ3) is 5.77. The number of aliphatic hydroxyl groups is 1. The van der Waals surface area contributed by atoms with Gasteiger partial charge in [0, 0.05) is 31.7 Å². The molecular weight excluding hydrogens is 398 g/mol. The molecule has 0 bridgehead atoms. The van der Waals surface area contributed by atoms with Gasteiger partial charge < -0.3 is 19.9 Å². The van der Waals surface area contributed by atoms with Crippen LogP contribution in [0.5, 0.6) is 11.5 Å². The van der Waals surface area contributed by atoms with Crippen LogP contribution in [0, 0.1) is 10.1 Å². The Bertz CT molecular complexity index is 848. The van der Waals surface area contributed by atoms with Crippen LogP contribution in [0.3, 0.4) is 0 Å². The van der Waals surface area contributed by atoms with Crippen molar-refractivity contribution in [2.24, 2.45) is 0 Å². The van der Waals surface area contributed by atoms with Crippen LogP contribution < -0.4 is 14.8 Å². The van der Waals surface area contributed by atoms with Gasteiger partial charge in [-0.05, 0) is 19.4 Å². The summed E-state index contributed by atoms with van der Waals surface area (Å²) >= 11 is 0. The molecule has 30 heavy (non-hydrogen) atoms. The van der Waals surface area contributed by atoms with E-state index in [9.17, 15) is 29.6 Å². The Morgan fingerprint density at radius 2 is 1.93 bits per heavy atom. The molecule has 0 spiro atoms. The van der Waals surface area contributed by atoms with Gasteiger partial charge in [0.2, 0.25) is 5.91 Å². The molecule has 11 nitrogen and oxygen atoms in total. The molecule has 0 fully saturated rings. The van der Waals surface area contributed by atoms with Gasteiger partial charge in [0.25, 0.3) is 17.5 Å². The maximum absolute atomic E-state index is 11.9. The third-order valence-electron chi connectivity index (χ3n) is 4.32. The van der Waals surface area contributed by atoms with Gasteiger partial charge in [-0.25, -0.2) is 0 Å². The maximum Gasteiger partial charge on any atom is 0.279 e. The lowest BCUT2D eigenvalue weighted by Crippen LogP contribution is -2.38. The molecule has 2 N–H and O–H groups in total. The van der Waals surface area contributed by atoms with Gasteiger partial charge in [0.05, 0.1) is 36.4 Å². The van der Waals surface area contributed by atoms with Crippen molar-refractivity contribution in [2.45, 2.75) is 25.9 Å². The van der Waals surface area contributed by atoms with E-state index in [1.807, 2.05) is 0 Å². The van der Waals surface area contributed by atoms with Crippen molar-refractivity contribution < 1.29 is 33.9 Å². The number of aliphatic hydroxyl groups excluding tert-OH is 1. The largest absolute Gasteiger partial charge is 0.493 e. The van der Waals surface area contributed by atoms with E-state index in [1.54, 1.807) is 0 Å². The number of nitrogens with zero attached hydrogens (tertiary/aromatic N) is 2. The molecule has 0 radical (unpaired) electrons. The lowest BCUT2D eigenvalue weighted by Gasteiger charge is -2.15. The molecule has 1 aliphatic rings. The van der Waals surface area contributed by atoms with Crippen LogP contribution in [0.2, 0.25) is 0 Å². The van der Waals surface area contributed by atoms with Gasteiger partial charge in [0.15, 0.2) is 11.5 Å². The zero-order chi connectivity index (χ0) is 22.3. The number of nitro groups is 1. The smallest absolute Gasteiger partial charge is 0.279 e. The highest BCUT2D eigenvalue weighted by Crippen LogP contribution is 2.37. The topological polar surface area (TPSA) is 148 Å². The molecule has 11 heteroatoms. The molecule has 1 unspecified atom stereocenters. The van der Waals surface area contributed by atoms with Crippen molar-refractivity contribution in [1.29, 1.82) is 0 Å². The van der Waals surface area contributed by atoms with Crippen molar-refractivity contribution in [3.05, 3.63) is 40.0 Å². The van der Waals surface area contributed by atoms with Gasteiger partial charge in [-0.15, -0.1) is 0 Å². The molecule has 0 saturated carbocycles. The number of imide groups is 1. The first-order valence-electron chi connectivity index (χ1n) is 9.22. The molecule has 3 amide bonds. The highest BCUT2D eigenvalue weighted by atomic mass is 16.6. The van der Waals surface area contributed by atoms with E-state index in [-0.39, 0.29) is 54.8 Å². The zero-order valence-corrected chi connectivity index (χ0v) is 16.6. The third-order valence-corrected chi connectivity index (χ3v) is 4.32. The van der Waals surface area contributed by atoms with Crippen LogP contribution in [-0.4, -0.2) is 59.5 Å². The minimum Gasteiger partial charge on any atom is -0.493 e. The Balaban J connectivity index is 1.81. The van der Waals surface area contributed by atoms with E-state index >= 15 is 0 Å². The summed E-state index contributed by atoms with van der Waals surface area (Å²) in [5.41, 5.74) is -0.187. The van der Waals surface area contributed by atoms with Crippen LogP contribution in [0.25, 0.3) is 0 Å². The van der Waals surface area contributed by atoms with E-state index in [1.165, 1.54) is 38.3 Å². The quantitative estimate of drug-likeness (QED) is 0.231. The highest BCUT2D eigenvalue weighted by Gasteiger charge is 2.23. The molecular formula is C19H23N3O8. The number of rotatable bonds is 11. The van der Waals surface area contributed by atoms with Gasteiger partial charge >= 0.3 is 0 Å². The highest BCUT2D eigenvalue weighted by molar-refractivity contribution is 6.12. The summed E-state index contributed by atoms with van der Waals surface area (Å²) in [4.78, 5) is 46.3. The van der Waals surface area contributed by atoms with Crippen LogP contribution in [0.1, 0.15) is 31.4 Å². The number of hydrogen-bond donors (Lipinski definition) is 2. The fourth-order valence-electron chi connectivity index (χ4n) is 2.79. The molecule has 1 heterocycles. The average Bonchev–Trinajstić information content (AvgIpc) is 3.02. The Morgan fingerprint density at radius 1 is 1.27 bits per heavy atom. The van der Waals surface area contributed by atoms with E-state index in [0.29, 0.717) is 6.42 Å². The Hall–Kier alpha value is -3.47. The van der Waals surface area contributed by atoms with Gasteiger partial charge in [-0.2, -0.15) is 0 Å². The fourth-order valence-corrected chi connectivity index (χ4v) is 2.79. The normalized spacial score (nSPS) is 14.0. The lowest BCUT2D eigenvalue weighted by molar-refractivity contribution is -0.386. The first-order chi connectivity index (χ1) is 14.2. The summed E-state index contributed by atoms with van der Waals surface area (Å²) in [5, 5.41) is 23.6. The number of nitro benzene ring substituents is 1. The fraction of sp³-hybridized carbons (Fsp3) is 0.421. The number of hydrogen-bond acceptors (Lipinski definition) is 8. The number of amides is 3. The average molecular weight is 421 g/mol. The molecule has 162 valence electrons. The van der Waals surface area contributed by atoms with E-state index < -0.39 is 22.8 Å². The van der Waals surface area contributed by atoms with Gasteiger partial charge in [0.1, 0.15) is 0 Å². The molecule has 2 rings (SSSR count). The SMILES string of the molecule is COc1cc(C(C)O)c([N+](=O)[O-])cc1OCCCC(=O)NCCN1C(=O)C=CC1=O. The molecule has 0 saturated heterocycles. The summed E-state index contributed by atoms with van der Waals surface area (Å²) in [6.07, 6.45) is 1.74. The van der Waals surface area contributed by atoms with Gasteiger partial charge in [-0.3, -0.25) is 29.4 Å². The number of carbonyl (C=O) groups excluding carboxylic acids is 3. The first kappa shape index (κ1) is 22.8. The predicted octanol–water partition coefficient (Wildman–Crippen LogP) is 0.857. The summed E-state index contributed by atoms with van der Waals surface area (Å²) in [5.74, 6) is -0.741. The summed E-state index contributed by atoms with van der Waals surface area (Å²) < 4.78 is 10.7. The molecule has 1 atom stereocenters. The zero-order valence-electron chi connectivity index (χ0n) is 16.6. The summed E-state index contributed by atoms with van der Waals surface area (Å²) in [6.45, 7) is 1.73. The Kier molecular flexibility index (Phi) is 7.87. The van der Waals surface area contributed by atoms with Crippen LogP contribution in [0.15, 0.2) is 24.3 Å². The minimum atomic E-state index is -1.06. The number of benzene rings is 1. The Morgan fingerprint density at radius 3 is 2.50 bits per heavy atom. The van der Waals surface area contributed by atoms with Crippen molar-refractivity contribution in [3.8, 4) is 11.5 Å². The number of carbonyl (C=O) groups is 3.